The summed E-state index contributed by atoms with van der Waals surface area (Å²) >= 11 is 6.06. The summed E-state index contributed by atoms with van der Waals surface area (Å²) in [6.45, 7) is 6.13. The van der Waals surface area contributed by atoms with E-state index in [0.717, 1.165) is 23.1 Å². The van der Waals surface area contributed by atoms with Crippen LogP contribution in [0.15, 0.2) is 84.9 Å². The number of amides is 2. The largest absolute Gasteiger partial charge is 0.352 e. The van der Waals surface area contributed by atoms with E-state index < -0.39 is 6.04 Å². The quantitative estimate of drug-likeness (QED) is 0.379. The first kappa shape index (κ1) is 25.5. The molecule has 178 valence electrons. The van der Waals surface area contributed by atoms with Gasteiger partial charge in [-0.15, -0.1) is 0 Å². The van der Waals surface area contributed by atoms with Gasteiger partial charge in [-0.1, -0.05) is 91.3 Å². The van der Waals surface area contributed by atoms with E-state index >= 15 is 0 Å². The summed E-state index contributed by atoms with van der Waals surface area (Å²) in [7, 11) is 0. The van der Waals surface area contributed by atoms with Crippen molar-refractivity contribution in [1.82, 2.24) is 10.2 Å². The third-order valence-electron chi connectivity index (χ3n) is 6.22. The number of hydrogen-bond acceptors (Lipinski definition) is 2. The molecule has 4 nitrogen and oxygen atoms in total. The highest BCUT2D eigenvalue weighted by molar-refractivity contribution is 6.30. The van der Waals surface area contributed by atoms with Crippen LogP contribution in [0.1, 0.15) is 56.2 Å². The van der Waals surface area contributed by atoms with Crippen LogP contribution in [0.4, 0.5) is 0 Å². The predicted molar refractivity (Wildman–Crippen MR) is 139 cm³/mol. The molecule has 0 aliphatic heterocycles. The van der Waals surface area contributed by atoms with Crippen molar-refractivity contribution in [3.8, 4) is 0 Å². The zero-order chi connectivity index (χ0) is 24.5. The second-order valence-corrected chi connectivity index (χ2v) is 9.16. The van der Waals surface area contributed by atoms with Gasteiger partial charge in [0.05, 0.1) is 0 Å². The molecule has 3 rings (SSSR count). The smallest absolute Gasteiger partial charge is 0.242 e. The third-order valence-corrected chi connectivity index (χ3v) is 6.47. The zero-order valence-electron chi connectivity index (χ0n) is 20.1. The van der Waals surface area contributed by atoms with Crippen LogP contribution < -0.4 is 5.32 Å². The van der Waals surface area contributed by atoms with E-state index in [1.165, 1.54) is 0 Å². The first-order chi connectivity index (χ1) is 16.4. The summed E-state index contributed by atoms with van der Waals surface area (Å²) in [6.07, 6.45) is 1.09. The van der Waals surface area contributed by atoms with Gasteiger partial charge in [0.2, 0.25) is 11.8 Å². The van der Waals surface area contributed by atoms with E-state index in [1.54, 1.807) is 24.0 Å². The summed E-state index contributed by atoms with van der Waals surface area (Å²) in [5, 5.41) is 3.66. The van der Waals surface area contributed by atoms with E-state index in [0.29, 0.717) is 11.6 Å². The molecule has 2 atom stereocenters. The van der Waals surface area contributed by atoms with Crippen molar-refractivity contribution in [2.24, 2.45) is 0 Å². The van der Waals surface area contributed by atoms with Crippen LogP contribution in [0.25, 0.3) is 0 Å². The molecule has 0 aliphatic carbocycles. The topological polar surface area (TPSA) is 49.4 Å². The molecule has 0 fully saturated rings. The van der Waals surface area contributed by atoms with E-state index in [1.807, 2.05) is 86.6 Å². The summed E-state index contributed by atoms with van der Waals surface area (Å²) in [4.78, 5) is 28.5. The van der Waals surface area contributed by atoms with Crippen molar-refractivity contribution in [3.63, 3.8) is 0 Å². The maximum absolute atomic E-state index is 13.8. The van der Waals surface area contributed by atoms with Gasteiger partial charge < -0.3 is 10.2 Å². The summed E-state index contributed by atoms with van der Waals surface area (Å²) in [6, 6.07) is 26.9. The zero-order valence-corrected chi connectivity index (χ0v) is 20.8. The number of carbonyl (C=O) groups excluding carboxylic acids is 2. The summed E-state index contributed by atoms with van der Waals surface area (Å²) < 4.78 is 0. The molecular formula is C29H33ClN2O2. The van der Waals surface area contributed by atoms with Gasteiger partial charge in [0.25, 0.3) is 0 Å². The number of nitrogens with zero attached hydrogens (tertiary/aromatic N) is 1. The molecule has 3 aromatic rings. The lowest BCUT2D eigenvalue weighted by molar-refractivity contribution is -0.141. The van der Waals surface area contributed by atoms with Gasteiger partial charge in [-0.05, 0) is 49.1 Å². The number of hydrogen-bond donors (Lipinski definition) is 1. The molecule has 3 aromatic carbocycles. The lowest BCUT2D eigenvalue weighted by Gasteiger charge is -2.31. The first-order valence-electron chi connectivity index (χ1n) is 11.8. The van der Waals surface area contributed by atoms with Crippen LogP contribution in [-0.4, -0.2) is 28.8 Å². The second-order valence-electron chi connectivity index (χ2n) is 8.72. The predicted octanol–water partition coefficient (Wildman–Crippen LogP) is 6.19. The fourth-order valence-electron chi connectivity index (χ4n) is 3.93. The number of halogens is 1. The van der Waals surface area contributed by atoms with Crippen molar-refractivity contribution < 1.29 is 9.59 Å². The van der Waals surface area contributed by atoms with Gasteiger partial charge in [0.1, 0.15) is 6.04 Å². The van der Waals surface area contributed by atoms with Crippen LogP contribution in [0.5, 0.6) is 0 Å². The average molecular weight is 477 g/mol. The minimum Gasteiger partial charge on any atom is -0.352 e. The number of rotatable bonds is 10. The molecule has 5 heteroatoms. The normalized spacial score (nSPS) is 12.7. The molecule has 0 saturated carbocycles. The highest BCUT2D eigenvalue weighted by atomic mass is 35.5. The van der Waals surface area contributed by atoms with E-state index in [9.17, 15) is 9.59 Å². The molecule has 0 radical (unpaired) electrons. The highest BCUT2D eigenvalue weighted by Gasteiger charge is 2.29. The Morgan fingerprint density at radius 3 is 1.88 bits per heavy atom. The van der Waals surface area contributed by atoms with Gasteiger partial charge in [0.15, 0.2) is 0 Å². The Morgan fingerprint density at radius 2 is 1.38 bits per heavy atom. The lowest BCUT2D eigenvalue weighted by atomic mass is 9.88. The maximum Gasteiger partial charge on any atom is 0.242 e. The van der Waals surface area contributed by atoms with Gasteiger partial charge in [-0.3, -0.25) is 9.59 Å². The number of benzene rings is 3. The Hall–Kier alpha value is -3.11. The van der Waals surface area contributed by atoms with Crippen molar-refractivity contribution in [1.29, 1.82) is 0 Å². The summed E-state index contributed by atoms with van der Waals surface area (Å²) in [5.74, 6) is -0.320. The van der Waals surface area contributed by atoms with Gasteiger partial charge in [-0.2, -0.15) is 0 Å². The molecule has 34 heavy (non-hydrogen) atoms. The Bertz CT molecular complexity index is 1020. The van der Waals surface area contributed by atoms with Crippen molar-refractivity contribution in [2.75, 3.05) is 0 Å². The van der Waals surface area contributed by atoms with Gasteiger partial charge >= 0.3 is 0 Å². The molecule has 0 aromatic heterocycles. The maximum atomic E-state index is 13.8. The highest BCUT2D eigenvalue weighted by Crippen LogP contribution is 2.29. The molecule has 0 saturated heterocycles. The Kier molecular flexibility index (Phi) is 9.29. The Morgan fingerprint density at radius 1 is 0.853 bits per heavy atom. The van der Waals surface area contributed by atoms with Gasteiger partial charge in [0, 0.05) is 29.9 Å². The first-order valence-corrected chi connectivity index (χ1v) is 12.2. The standard InChI is InChI=1S/C29H33ClN2O2/c1-4-21(2)31-29(34)22(3)32(20-23-15-17-26(30)18-16-23)28(33)19-27(24-11-7-5-8-12-24)25-13-9-6-10-14-25/h5-18,21-22,27H,4,19-20H2,1-3H3,(H,31,34)/t21-,22+/m0/s1. The average Bonchev–Trinajstić information content (AvgIpc) is 2.87. The van der Waals surface area contributed by atoms with Crippen molar-refractivity contribution in [3.05, 3.63) is 107 Å². The van der Waals surface area contributed by atoms with Crippen LogP contribution in [-0.2, 0) is 16.1 Å². The number of nitrogens with one attached hydrogen (secondary N) is 1. The number of carbonyl (C=O) groups is 2. The molecule has 0 unspecified atom stereocenters. The minimum atomic E-state index is -0.607. The second kappa shape index (κ2) is 12.4. The molecule has 0 aliphatic rings. The monoisotopic (exact) mass is 476 g/mol. The molecule has 0 bridgehead atoms. The third kappa shape index (κ3) is 6.94. The van der Waals surface area contributed by atoms with E-state index in [-0.39, 0.29) is 30.2 Å². The minimum absolute atomic E-state index is 0.0452. The molecule has 2 amide bonds. The van der Waals surface area contributed by atoms with E-state index in [4.69, 9.17) is 11.6 Å². The Labute approximate surface area is 207 Å². The fourth-order valence-corrected chi connectivity index (χ4v) is 4.05. The molecule has 0 spiro atoms. The van der Waals surface area contributed by atoms with Crippen molar-refractivity contribution >= 4 is 23.4 Å². The van der Waals surface area contributed by atoms with Crippen LogP contribution >= 0.6 is 11.6 Å². The van der Waals surface area contributed by atoms with Crippen LogP contribution in [0, 0.1) is 0 Å². The van der Waals surface area contributed by atoms with Crippen LogP contribution in [0.3, 0.4) is 0 Å². The van der Waals surface area contributed by atoms with Crippen LogP contribution in [0.2, 0.25) is 5.02 Å². The fraction of sp³-hybridized carbons (Fsp3) is 0.310. The molecule has 1 N–H and O–H groups in total. The molecular weight excluding hydrogens is 444 g/mol. The van der Waals surface area contributed by atoms with Crippen molar-refractivity contribution in [2.45, 2.75) is 58.2 Å². The Balaban J connectivity index is 1.90. The van der Waals surface area contributed by atoms with E-state index in [2.05, 4.69) is 5.32 Å². The summed E-state index contributed by atoms with van der Waals surface area (Å²) in [5.41, 5.74) is 3.08. The molecule has 0 heterocycles. The van der Waals surface area contributed by atoms with Gasteiger partial charge in [-0.25, -0.2) is 0 Å². The lowest BCUT2D eigenvalue weighted by Crippen LogP contribution is -2.49. The SMILES string of the molecule is CC[C@H](C)NC(=O)[C@@H](C)N(Cc1ccc(Cl)cc1)C(=O)CC(c1ccccc1)c1ccccc1.